The number of nitrogen functional groups attached to an aromatic ring is 1. The molecule has 0 radical (unpaired) electrons. The summed E-state index contributed by atoms with van der Waals surface area (Å²) in [6.45, 7) is 0. The molecule has 21 heavy (non-hydrogen) atoms. The highest BCUT2D eigenvalue weighted by Gasteiger charge is 2.10. The van der Waals surface area contributed by atoms with Crippen molar-refractivity contribution in [1.29, 1.82) is 5.26 Å². The van der Waals surface area contributed by atoms with E-state index in [0.717, 1.165) is 11.1 Å². The van der Waals surface area contributed by atoms with Crippen LogP contribution in [0.4, 0.5) is 17.2 Å². The molecule has 0 amide bonds. The summed E-state index contributed by atoms with van der Waals surface area (Å²) in [5.74, 6) is 0.420. The van der Waals surface area contributed by atoms with Crippen molar-refractivity contribution in [2.45, 2.75) is 0 Å². The monoisotopic (exact) mass is 295 g/mol. The number of anilines is 3. The van der Waals surface area contributed by atoms with Gasteiger partial charge in [0.25, 0.3) is 0 Å². The first-order valence-corrected chi connectivity index (χ1v) is 6.53. The number of hydrogen-bond donors (Lipinski definition) is 2. The van der Waals surface area contributed by atoms with Gasteiger partial charge >= 0.3 is 0 Å². The SMILES string of the molecule is N#Cc1ccnc(Nc2ccc(Cl)c3cccnc23)c1N. The summed E-state index contributed by atoms with van der Waals surface area (Å²) in [4.78, 5) is 8.49. The summed E-state index contributed by atoms with van der Waals surface area (Å²) in [5, 5.41) is 13.6. The van der Waals surface area contributed by atoms with Crippen LogP contribution in [0.2, 0.25) is 5.02 Å². The van der Waals surface area contributed by atoms with E-state index in [-0.39, 0.29) is 0 Å². The molecule has 2 aromatic heterocycles. The topological polar surface area (TPSA) is 87.6 Å². The van der Waals surface area contributed by atoms with E-state index in [1.54, 1.807) is 24.4 Å². The second-order valence-corrected chi connectivity index (χ2v) is 4.76. The molecule has 6 heteroatoms. The van der Waals surface area contributed by atoms with Crippen LogP contribution in [0.25, 0.3) is 10.9 Å². The number of nitrogens with one attached hydrogen (secondary N) is 1. The van der Waals surface area contributed by atoms with Crippen molar-refractivity contribution in [3.05, 3.63) is 53.3 Å². The predicted octanol–water partition coefficient (Wildman–Crippen LogP) is 3.48. The van der Waals surface area contributed by atoms with E-state index in [1.807, 2.05) is 18.2 Å². The molecule has 0 atom stereocenters. The molecule has 0 aliphatic heterocycles. The van der Waals surface area contributed by atoms with Gasteiger partial charge in [-0.25, -0.2) is 4.98 Å². The number of nitriles is 1. The second-order valence-electron chi connectivity index (χ2n) is 4.35. The molecular formula is C15H10ClN5. The van der Waals surface area contributed by atoms with Crippen molar-refractivity contribution in [2.24, 2.45) is 0 Å². The van der Waals surface area contributed by atoms with E-state index in [2.05, 4.69) is 15.3 Å². The van der Waals surface area contributed by atoms with Crippen LogP contribution < -0.4 is 11.1 Å². The van der Waals surface area contributed by atoms with Crippen LogP contribution in [0.5, 0.6) is 0 Å². The Labute approximate surface area is 126 Å². The van der Waals surface area contributed by atoms with Crippen LogP contribution in [0.15, 0.2) is 42.7 Å². The molecule has 0 spiro atoms. The number of aromatic nitrogens is 2. The van der Waals surface area contributed by atoms with Crippen molar-refractivity contribution in [3.63, 3.8) is 0 Å². The number of benzene rings is 1. The van der Waals surface area contributed by atoms with E-state index in [9.17, 15) is 0 Å². The summed E-state index contributed by atoms with van der Waals surface area (Å²) < 4.78 is 0. The first kappa shape index (κ1) is 13.2. The third-order valence-corrected chi connectivity index (χ3v) is 3.41. The smallest absolute Gasteiger partial charge is 0.155 e. The van der Waals surface area contributed by atoms with Gasteiger partial charge in [0.2, 0.25) is 0 Å². The first-order chi connectivity index (χ1) is 10.2. The summed E-state index contributed by atoms with van der Waals surface area (Å²) in [7, 11) is 0. The quantitative estimate of drug-likeness (QED) is 0.755. The maximum Gasteiger partial charge on any atom is 0.155 e. The fraction of sp³-hybridized carbons (Fsp3) is 0. The highest BCUT2D eigenvalue weighted by molar-refractivity contribution is 6.35. The molecular weight excluding hydrogens is 286 g/mol. The van der Waals surface area contributed by atoms with Crippen LogP contribution in [0.1, 0.15) is 5.56 Å². The minimum absolute atomic E-state index is 0.305. The molecule has 0 fully saturated rings. The Balaban J connectivity index is 2.12. The van der Waals surface area contributed by atoms with Crippen LogP contribution in [0, 0.1) is 11.3 Å². The zero-order valence-electron chi connectivity index (χ0n) is 10.8. The number of halogens is 1. The van der Waals surface area contributed by atoms with Gasteiger partial charge in [-0.15, -0.1) is 0 Å². The lowest BCUT2D eigenvalue weighted by Crippen LogP contribution is -2.02. The molecule has 3 aromatic rings. The van der Waals surface area contributed by atoms with E-state index >= 15 is 0 Å². The largest absolute Gasteiger partial charge is 0.395 e. The molecule has 2 heterocycles. The van der Waals surface area contributed by atoms with E-state index < -0.39 is 0 Å². The van der Waals surface area contributed by atoms with Gasteiger partial charge in [-0.3, -0.25) is 4.98 Å². The minimum atomic E-state index is 0.305. The second kappa shape index (κ2) is 5.27. The summed E-state index contributed by atoms with van der Waals surface area (Å²) in [5.41, 5.74) is 8.04. The average molecular weight is 296 g/mol. The molecule has 3 rings (SSSR count). The first-order valence-electron chi connectivity index (χ1n) is 6.15. The minimum Gasteiger partial charge on any atom is -0.395 e. The molecule has 5 nitrogen and oxygen atoms in total. The Kier molecular flexibility index (Phi) is 3.30. The highest BCUT2D eigenvalue weighted by Crippen LogP contribution is 2.31. The van der Waals surface area contributed by atoms with E-state index in [4.69, 9.17) is 22.6 Å². The Bertz CT molecular complexity index is 870. The zero-order chi connectivity index (χ0) is 14.8. The number of hydrogen-bond acceptors (Lipinski definition) is 5. The highest BCUT2D eigenvalue weighted by atomic mass is 35.5. The van der Waals surface area contributed by atoms with Crippen LogP contribution >= 0.6 is 11.6 Å². The van der Waals surface area contributed by atoms with Gasteiger partial charge in [0.1, 0.15) is 6.07 Å². The van der Waals surface area contributed by atoms with Crippen molar-refractivity contribution < 1.29 is 0 Å². The maximum atomic E-state index is 9.00. The summed E-state index contributed by atoms with van der Waals surface area (Å²) >= 11 is 6.16. The van der Waals surface area contributed by atoms with E-state index in [1.165, 1.54) is 6.20 Å². The van der Waals surface area contributed by atoms with Crippen LogP contribution in [0.3, 0.4) is 0 Å². The van der Waals surface area contributed by atoms with Crippen molar-refractivity contribution in [3.8, 4) is 6.07 Å². The molecule has 0 saturated heterocycles. The Morgan fingerprint density at radius 3 is 2.81 bits per heavy atom. The molecule has 0 aliphatic carbocycles. The third-order valence-electron chi connectivity index (χ3n) is 3.08. The molecule has 0 bridgehead atoms. The predicted molar refractivity (Wildman–Crippen MR) is 83.4 cm³/mol. The fourth-order valence-corrected chi connectivity index (χ4v) is 2.25. The van der Waals surface area contributed by atoms with Gasteiger partial charge < -0.3 is 11.1 Å². The van der Waals surface area contributed by atoms with Crippen molar-refractivity contribution in [1.82, 2.24) is 9.97 Å². The molecule has 0 aliphatic rings. The normalized spacial score (nSPS) is 10.3. The van der Waals surface area contributed by atoms with E-state index in [0.29, 0.717) is 27.6 Å². The van der Waals surface area contributed by atoms with Gasteiger partial charge in [0, 0.05) is 17.8 Å². The number of nitrogens with two attached hydrogens (primary N) is 1. The standard InChI is InChI=1S/C15H10ClN5/c16-11-3-4-12(14-10(11)2-1-6-19-14)21-15-13(18)9(8-17)5-7-20-15/h1-7H,18H2,(H,20,21). The molecule has 0 saturated carbocycles. The number of fused-ring (bicyclic) bond motifs is 1. The van der Waals surface area contributed by atoms with Gasteiger partial charge in [-0.1, -0.05) is 11.6 Å². The fourth-order valence-electron chi connectivity index (χ4n) is 2.04. The third kappa shape index (κ3) is 2.33. The van der Waals surface area contributed by atoms with Crippen LogP contribution in [-0.4, -0.2) is 9.97 Å². The Morgan fingerprint density at radius 1 is 1.14 bits per heavy atom. The van der Waals surface area contributed by atoms with Gasteiger partial charge in [0.05, 0.1) is 27.5 Å². The van der Waals surface area contributed by atoms with Crippen LogP contribution in [-0.2, 0) is 0 Å². The number of pyridine rings is 2. The lowest BCUT2D eigenvalue weighted by atomic mass is 10.2. The Hall–Kier alpha value is -2.84. The lowest BCUT2D eigenvalue weighted by Gasteiger charge is -2.11. The van der Waals surface area contributed by atoms with Gasteiger partial charge in [0.15, 0.2) is 5.82 Å². The van der Waals surface area contributed by atoms with Gasteiger partial charge in [-0.2, -0.15) is 5.26 Å². The molecule has 0 unspecified atom stereocenters. The summed E-state index contributed by atoms with van der Waals surface area (Å²) in [6.07, 6.45) is 3.22. The Morgan fingerprint density at radius 2 is 2.00 bits per heavy atom. The molecule has 1 aromatic carbocycles. The molecule has 102 valence electrons. The number of rotatable bonds is 2. The van der Waals surface area contributed by atoms with Gasteiger partial charge in [-0.05, 0) is 30.3 Å². The lowest BCUT2D eigenvalue weighted by molar-refractivity contribution is 1.29. The average Bonchev–Trinajstić information content (AvgIpc) is 2.52. The zero-order valence-corrected chi connectivity index (χ0v) is 11.6. The van der Waals surface area contributed by atoms with Crippen molar-refractivity contribution >= 4 is 39.7 Å². The number of nitrogens with zero attached hydrogens (tertiary/aromatic N) is 3. The summed E-state index contributed by atoms with van der Waals surface area (Å²) in [6, 6.07) is 10.9. The molecule has 3 N–H and O–H groups in total. The van der Waals surface area contributed by atoms with Crippen molar-refractivity contribution in [2.75, 3.05) is 11.1 Å². The maximum absolute atomic E-state index is 9.00.